The van der Waals surface area contributed by atoms with Crippen LogP contribution in [-0.2, 0) is 11.8 Å². The molecule has 1 rings (SSSR count). The van der Waals surface area contributed by atoms with E-state index in [1.54, 1.807) is 12.5 Å². The number of nitrogens with two attached hydrogens (primary N) is 3. The Morgan fingerprint density at radius 1 is 1.71 bits per heavy atom. The zero-order chi connectivity index (χ0) is 11.1. The van der Waals surface area contributed by atoms with Crippen LogP contribution in [0.15, 0.2) is 6.33 Å². The zero-order valence-corrected chi connectivity index (χ0v) is 7.60. The second kappa shape index (κ2) is 5.54. The van der Waals surface area contributed by atoms with Gasteiger partial charge in [0.05, 0.1) is 6.33 Å². The molecule has 0 aromatic carbocycles. The number of nitrogens with zero attached hydrogens (tertiary/aromatic N) is 2. The molecule has 0 atom stereocenters. The molecule has 0 radical (unpaired) electrons. The third-order valence-electron chi connectivity index (χ3n) is 1.28. The van der Waals surface area contributed by atoms with Gasteiger partial charge in [-0.3, -0.25) is 15.0 Å². The topological polar surface area (TPSA) is 142 Å². The molecule has 0 aliphatic rings. The number of nitrogen functional groups attached to an aromatic ring is 1. The van der Waals surface area contributed by atoms with Crippen LogP contribution in [0.4, 0.5) is 5.82 Å². The molecule has 1 aromatic heterocycles. The first-order chi connectivity index (χ1) is 6.54. The van der Waals surface area contributed by atoms with Crippen LogP contribution in [0.5, 0.6) is 0 Å². The number of anilines is 1. The van der Waals surface area contributed by atoms with Gasteiger partial charge in [0, 0.05) is 7.05 Å². The van der Waals surface area contributed by atoms with E-state index in [4.69, 9.17) is 16.3 Å². The zero-order valence-electron chi connectivity index (χ0n) is 7.60. The Morgan fingerprint density at radius 2 is 2.21 bits per heavy atom. The lowest BCUT2D eigenvalue weighted by Crippen LogP contribution is -2.18. The minimum Gasteiger partial charge on any atom is -0.383 e. The minimum atomic E-state index is -0.599. The molecular formula is C6H12N6O2. The average molecular weight is 200 g/mol. The molecule has 8 heteroatoms. The molecule has 7 N–H and O–H groups in total. The third kappa shape index (κ3) is 3.11. The molecule has 0 aliphatic heterocycles. The second-order valence-corrected chi connectivity index (χ2v) is 2.24. The minimum absolute atomic E-state index is 0.127. The Labute approximate surface area is 80.0 Å². The van der Waals surface area contributed by atoms with Gasteiger partial charge in [0.2, 0.25) is 6.41 Å². The first-order valence-electron chi connectivity index (χ1n) is 3.51. The van der Waals surface area contributed by atoms with Gasteiger partial charge in [-0.05, 0) is 0 Å². The molecule has 0 spiro atoms. The Hall–Kier alpha value is -2.09. The van der Waals surface area contributed by atoms with Crippen LogP contribution in [0.1, 0.15) is 10.5 Å². The number of primary amides is 1. The summed E-state index contributed by atoms with van der Waals surface area (Å²) in [5, 5.41) is 0. The molecule has 2 amide bonds. The van der Waals surface area contributed by atoms with Gasteiger partial charge in [-0.15, -0.1) is 0 Å². The average Bonchev–Trinajstić information content (AvgIpc) is 2.48. The standard InChI is InChI=1S/C5H8N4O.CH4N2O/c1-9-2-8-3(4(9)6)5(7)10;2-3-1-4/h2H,6H2,1H3,(H2,7,10);1H,2H2,(H,3,4). The normalized spacial score (nSPS) is 8.43. The lowest BCUT2D eigenvalue weighted by Gasteiger charge is -1.93. The summed E-state index contributed by atoms with van der Waals surface area (Å²) in [7, 11) is 1.69. The predicted octanol–water partition coefficient (Wildman–Crippen LogP) is -2.29. The Morgan fingerprint density at radius 3 is 2.36 bits per heavy atom. The number of hydrazine groups is 1. The maximum atomic E-state index is 10.5. The summed E-state index contributed by atoms with van der Waals surface area (Å²) in [5.41, 5.74) is 12.2. The van der Waals surface area contributed by atoms with Crippen LogP contribution in [0.3, 0.4) is 0 Å². The van der Waals surface area contributed by atoms with Crippen LogP contribution in [-0.4, -0.2) is 21.9 Å². The van der Waals surface area contributed by atoms with E-state index in [1.165, 1.54) is 10.9 Å². The maximum Gasteiger partial charge on any atom is 0.271 e. The molecule has 0 saturated carbocycles. The number of amides is 2. The summed E-state index contributed by atoms with van der Waals surface area (Å²) in [6.45, 7) is 0. The van der Waals surface area contributed by atoms with Crippen molar-refractivity contribution >= 4 is 18.1 Å². The number of aryl methyl sites for hydroxylation is 1. The van der Waals surface area contributed by atoms with Crippen molar-refractivity contribution in [2.24, 2.45) is 18.6 Å². The fourth-order valence-corrected chi connectivity index (χ4v) is 0.630. The highest BCUT2D eigenvalue weighted by atomic mass is 16.1. The van der Waals surface area contributed by atoms with Crippen LogP contribution < -0.4 is 22.7 Å². The molecule has 78 valence electrons. The van der Waals surface area contributed by atoms with Crippen molar-refractivity contribution in [2.45, 2.75) is 0 Å². The van der Waals surface area contributed by atoms with Crippen LogP contribution in [0, 0.1) is 0 Å². The fraction of sp³-hybridized carbons (Fsp3) is 0.167. The van der Waals surface area contributed by atoms with E-state index in [0.29, 0.717) is 12.2 Å². The SMILES string of the molecule is Cn1cnc(C(N)=O)c1N.NNC=O. The lowest BCUT2D eigenvalue weighted by atomic mass is 10.4. The lowest BCUT2D eigenvalue weighted by molar-refractivity contribution is -0.109. The number of nitrogens with one attached hydrogen (secondary N) is 1. The molecule has 1 heterocycles. The monoisotopic (exact) mass is 200 g/mol. The molecule has 0 aliphatic carbocycles. The first-order valence-corrected chi connectivity index (χ1v) is 3.51. The van der Waals surface area contributed by atoms with Gasteiger partial charge in [-0.25, -0.2) is 10.8 Å². The largest absolute Gasteiger partial charge is 0.383 e. The molecule has 1 aromatic rings. The quantitative estimate of drug-likeness (QED) is 0.184. The Balaban J connectivity index is 0.000000364. The van der Waals surface area contributed by atoms with Crippen molar-refractivity contribution in [1.82, 2.24) is 15.0 Å². The van der Waals surface area contributed by atoms with E-state index in [2.05, 4.69) is 10.8 Å². The highest BCUT2D eigenvalue weighted by Gasteiger charge is 2.09. The molecular weight excluding hydrogens is 188 g/mol. The van der Waals surface area contributed by atoms with Gasteiger partial charge < -0.3 is 16.0 Å². The number of hydrogen-bond acceptors (Lipinski definition) is 5. The number of imidazole rings is 1. The summed E-state index contributed by atoms with van der Waals surface area (Å²) < 4.78 is 1.53. The Bertz CT molecular complexity index is 320. The number of aromatic nitrogens is 2. The van der Waals surface area contributed by atoms with E-state index < -0.39 is 5.91 Å². The molecule has 14 heavy (non-hydrogen) atoms. The summed E-state index contributed by atoms with van der Waals surface area (Å²) in [6.07, 6.45) is 1.84. The third-order valence-corrected chi connectivity index (χ3v) is 1.28. The van der Waals surface area contributed by atoms with Crippen molar-refractivity contribution in [3.05, 3.63) is 12.0 Å². The predicted molar refractivity (Wildman–Crippen MR) is 49.5 cm³/mol. The van der Waals surface area contributed by atoms with Gasteiger partial charge in [0.15, 0.2) is 5.69 Å². The van der Waals surface area contributed by atoms with Gasteiger partial charge in [0.1, 0.15) is 5.82 Å². The number of rotatable bonds is 2. The van der Waals surface area contributed by atoms with E-state index in [9.17, 15) is 4.79 Å². The number of carbonyl (C=O) groups is 2. The highest BCUT2D eigenvalue weighted by molar-refractivity contribution is 5.95. The molecule has 0 saturated heterocycles. The van der Waals surface area contributed by atoms with Crippen molar-refractivity contribution < 1.29 is 9.59 Å². The van der Waals surface area contributed by atoms with E-state index in [1.807, 2.05) is 0 Å². The summed E-state index contributed by atoms with van der Waals surface area (Å²) in [4.78, 5) is 23.1. The van der Waals surface area contributed by atoms with Crippen molar-refractivity contribution in [2.75, 3.05) is 5.73 Å². The Kier molecular flexibility index (Phi) is 4.71. The first kappa shape index (κ1) is 11.9. The van der Waals surface area contributed by atoms with E-state index >= 15 is 0 Å². The van der Waals surface area contributed by atoms with Gasteiger partial charge in [-0.2, -0.15) is 0 Å². The summed E-state index contributed by atoms with van der Waals surface area (Å²) in [5.74, 6) is 4.11. The van der Waals surface area contributed by atoms with Crippen LogP contribution in [0.25, 0.3) is 0 Å². The van der Waals surface area contributed by atoms with Crippen LogP contribution in [0.2, 0.25) is 0 Å². The van der Waals surface area contributed by atoms with Gasteiger partial charge >= 0.3 is 0 Å². The van der Waals surface area contributed by atoms with E-state index in [-0.39, 0.29) is 5.69 Å². The van der Waals surface area contributed by atoms with E-state index in [0.717, 1.165) is 0 Å². The molecule has 0 unspecified atom stereocenters. The molecule has 8 nitrogen and oxygen atoms in total. The van der Waals surface area contributed by atoms with Crippen molar-refractivity contribution in [3.8, 4) is 0 Å². The molecule has 0 bridgehead atoms. The molecule has 0 fully saturated rings. The number of carbonyl (C=O) groups excluding carboxylic acids is 2. The highest BCUT2D eigenvalue weighted by Crippen LogP contribution is 2.05. The maximum absolute atomic E-state index is 10.5. The second-order valence-electron chi connectivity index (χ2n) is 2.24. The summed E-state index contributed by atoms with van der Waals surface area (Å²) >= 11 is 0. The van der Waals surface area contributed by atoms with Gasteiger partial charge in [-0.1, -0.05) is 0 Å². The van der Waals surface area contributed by atoms with Gasteiger partial charge in [0.25, 0.3) is 5.91 Å². The summed E-state index contributed by atoms with van der Waals surface area (Å²) in [6, 6.07) is 0. The van der Waals surface area contributed by atoms with Crippen molar-refractivity contribution in [1.29, 1.82) is 0 Å². The van der Waals surface area contributed by atoms with Crippen molar-refractivity contribution in [3.63, 3.8) is 0 Å². The smallest absolute Gasteiger partial charge is 0.271 e. The van der Waals surface area contributed by atoms with Crippen LogP contribution >= 0.6 is 0 Å². The fourth-order valence-electron chi connectivity index (χ4n) is 0.630. The number of hydrogen-bond donors (Lipinski definition) is 4.